The maximum Gasteiger partial charge on any atom is 0.244 e. The van der Waals surface area contributed by atoms with Crippen LogP contribution in [-0.2, 0) is 4.79 Å². The summed E-state index contributed by atoms with van der Waals surface area (Å²) in [4.78, 5) is 15.6. The van der Waals surface area contributed by atoms with Gasteiger partial charge in [0.25, 0.3) is 0 Å². The van der Waals surface area contributed by atoms with Gasteiger partial charge in [-0.05, 0) is 12.1 Å². The van der Waals surface area contributed by atoms with Crippen molar-refractivity contribution >= 4 is 17.7 Å². The topological polar surface area (TPSA) is 68.0 Å². The molecule has 0 spiro atoms. The molecule has 0 saturated heterocycles. The van der Waals surface area contributed by atoms with E-state index in [4.69, 9.17) is 5.84 Å². The second-order valence-corrected chi connectivity index (χ2v) is 3.09. The number of nitrogens with one attached hydrogen (secondary N) is 1. The third-order valence-electron chi connectivity index (χ3n) is 1.18. The quantitative estimate of drug-likeness (QED) is 0.303. The number of nitrogens with two attached hydrogens (primary N) is 1. The van der Waals surface area contributed by atoms with Crippen LogP contribution in [0.5, 0.6) is 0 Å². The first-order valence-corrected chi connectivity index (χ1v) is 4.34. The first-order chi connectivity index (χ1) is 5.83. The lowest BCUT2D eigenvalue weighted by molar-refractivity contribution is -0.118. The van der Waals surface area contributed by atoms with E-state index < -0.39 is 0 Å². The number of aromatic nitrogens is 1. The summed E-state index contributed by atoms with van der Waals surface area (Å²) in [6.07, 6.45) is 3.37. The predicted octanol–water partition coefficient (Wildman–Crippen LogP) is 0.164. The van der Waals surface area contributed by atoms with Crippen LogP contribution < -0.4 is 11.3 Å². The Labute approximate surface area is 74.5 Å². The molecule has 0 aliphatic rings. The van der Waals surface area contributed by atoms with Gasteiger partial charge >= 0.3 is 0 Å². The number of hydrazine groups is 1. The highest BCUT2D eigenvalue weighted by atomic mass is 32.2. The Hall–Kier alpha value is -1.07. The number of rotatable bonds is 3. The number of nitrogens with zero attached hydrogens (tertiary/aromatic N) is 1. The summed E-state index contributed by atoms with van der Waals surface area (Å²) in [5.74, 6) is 5.06. The molecule has 0 atom stereocenters. The molecule has 0 unspecified atom stereocenters. The van der Waals surface area contributed by atoms with E-state index in [0.717, 1.165) is 4.90 Å². The van der Waals surface area contributed by atoms with Crippen molar-refractivity contribution in [3.8, 4) is 0 Å². The summed E-state index contributed by atoms with van der Waals surface area (Å²) >= 11 is 1.42. The molecule has 1 aromatic heterocycles. The average molecular weight is 183 g/mol. The molecule has 0 aromatic carbocycles. The predicted molar refractivity (Wildman–Crippen MR) is 47.3 cm³/mol. The minimum absolute atomic E-state index is 0.184. The highest BCUT2D eigenvalue weighted by Gasteiger charge is 1.98. The molecule has 4 nitrogen and oxygen atoms in total. The molecule has 1 amide bonds. The van der Waals surface area contributed by atoms with E-state index in [2.05, 4.69) is 10.4 Å². The van der Waals surface area contributed by atoms with Crippen molar-refractivity contribution in [3.05, 3.63) is 24.5 Å². The van der Waals surface area contributed by atoms with Crippen LogP contribution in [0, 0.1) is 0 Å². The van der Waals surface area contributed by atoms with E-state index in [1.807, 2.05) is 12.1 Å². The Morgan fingerprint density at radius 1 is 1.58 bits per heavy atom. The van der Waals surface area contributed by atoms with Crippen molar-refractivity contribution in [2.24, 2.45) is 5.84 Å². The van der Waals surface area contributed by atoms with Gasteiger partial charge in [-0.3, -0.25) is 15.2 Å². The number of pyridine rings is 1. The van der Waals surface area contributed by atoms with Crippen molar-refractivity contribution in [2.45, 2.75) is 4.90 Å². The van der Waals surface area contributed by atoms with Gasteiger partial charge < -0.3 is 0 Å². The Kier molecular flexibility index (Phi) is 3.56. The summed E-state index contributed by atoms with van der Waals surface area (Å²) in [5.41, 5.74) is 2.06. The maximum absolute atomic E-state index is 10.7. The van der Waals surface area contributed by atoms with Crippen LogP contribution in [0.3, 0.4) is 0 Å². The molecule has 64 valence electrons. The minimum Gasteiger partial charge on any atom is -0.294 e. The standard InChI is InChI=1S/C7H9N3OS/c8-10-7(11)5-12-6-1-3-9-4-2-6/h1-4H,5,8H2,(H,10,11). The van der Waals surface area contributed by atoms with Crippen molar-refractivity contribution in [1.29, 1.82) is 0 Å². The van der Waals surface area contributed by atoms with Gasteiger partial charge in [-0.2, -0.15) is 0 Å². The fourth-order valence-corrected chi connectivity index (χ4v) is 1.32. The molecule has 1 rings (SSSR count). The highest BCUT2D eigenvalue weighted by molar-refractivity contribution is 8.00. The molecule has 0 radical (unpaired) electrons. The summed E-state index contributed by atoms with van der Waals surface area (Å²) in [6.45, 7) is 0. The molecule has 1 heterocycles. The summed E-state index contributed by atoms with van der Waals surface area (Å²) in [7, 11) is 0. The van der Waals surface area contributed by atoms with E-state index in [-0.39, 0.29) is 5.91 Å². The van der Waals surface area contributed by atoms with Crippen LogP contribution in [0.1, 0.15) is 0 Å². The van der Waals surface area contributed by atoms with Crippen molar-refractivity contribution in [1.82, 2.24) is 10.4 Å². The summed E-state index contributed by atoms with van der Waals surface area (Å²) in [5, 5.41) is 0. The zero-order valence-corrected chi connectivity index (χ0v) is 7.17. The van der Waals surface area contributed by atoms with Crippen LogP contribution in [0.25, 0.3) is 0 Å². The number of carbonyl (C=O) groups is 1. The van der Waals surface area contributed by atoms with E-state index in [1.165, 1.54) is 11.8 Å². The van der Waals surface area contributed by atoms with Crippen LogP contribution in [0.4, 0.5) is 0 Å². The fourth-order valence-electron chi connectivity index (χ4n) is 0.625. The summed E-state index contributed by atoms with van der Waals surface area (Å²) in [6, 6.07) is 3.68. The molecule has 1 aromatic rings. The zero-order chi connectivity index (χ0) is 8.81. The number of amides is 1. The molecular weight excluding hydrogens is 174 g/mol. The number of hydrogen-bond donors (Lipinski definition) is 2. The Bertz CT molecular complexity index is 252. The van der Waals surface area contributed by atoms with E-state index in [0.29, 0.717) is 5.75 Å². The minimum atomic E-state index is -0.184. The second kappa shape index (κ2) is 4.74. The lowest BCUT2D eigenvalue weighted by atomic mass is 10.5. The van der Waals surface area contributed by atoms with Gasteiger partial charge in [0.1, 0.15) is 0 Å². The van der Waals surface area contributed by atoms with Crippen molar-refractivity contribution in [3.63, 3.8) is 0 Å². The number of thioether (sulfide) groups is 1. The van der Waals surface area contributed by atoms with Gasteiger partial charge in [0.05, 0.1) is 5.75 Å². The smallest absolute Gasteiger partial charge is 0.244 e. The number of hydrogen-bond acceptors (Lipinski definition) is 4. The second-order valence-electron chi connectivity index (χ2n) is 2.04. The Morgan fingerprint density at radius 3 is 2.83 bits per heavy atom. The first-order valence-electron chi connectivity index (χ1n) is 3.35. The molecule has 12 heavy (non-hydrogen) atoms. The fraction of sp³-hybridized carbons (Fsp3) is 0.143. The van der Waals surface area contributed by atoms with Gasteiger partial charge in [0, 0.05) is 17.3 Å². The molecular formula is C7H9N3OS. The van der Waals surface area contributed by atoms with Crippen molar-refractivity contribution in [2.75, 3.05) is 5.75 Å². The van der Waals surface area contributed by atoms with Crippen LogP contribution in [0.15, 0.2) is 29.4 Å². The van der Waals surface area contributed by atoms with Gasteiger partial charge in [-0.25, -0.2) is 5.84 Å². The first kappa shape index (κ1) is 9.02. The van der Waals surface area contributed by atoms with Crippen molar-refractivity contribution < 1.29 is 4.79 Å². The monoisotopic (exact) mass is 183 g/mol. The van der Waals surface area contributed by atoms with Crippen LogP contribution in [-0.4, -0.2) is 16.6 Å². The Balaban J connectivity index is 2.38. The highest BCUT2D eigenvalue weighted by Crippen LogP contribution is 2.14. The van der Waals surface area contributed by atoms with E-state index in [9.17, 15) is 4.79 Å². The molecule has 0 aliphatic carbocycles. The molecule has 0 bridgehead atoms. The SMILES string of the molecule is NNC(=O)CSc1ccncc1. The molecule has 5 heteroatoms. The average Bonchev–Trinajstić information content (AvgIpc) is 2.16. The Morgan fingerprint density at radius 2 is 2.25 bits per heavy atom. The van der Waals surface area contributed by atoms with Gasteiger partial charge in [0.2, 0.25) is 5.91 Å². The molecule has 0 aliphatic heterocycles. The zero-order valence-electron chi connectivity index (χ0n) is 6.36. The van der Waals surface area contributed by atoms with Crippen LogP contribution in [0.2, 0.25) is 0 Å². The van der Waals surface area contributed by atoms with E-state index >= 15 is 0 Å². The normalized spacial score (nSPS) is 9.42. The van der Waals surface area contributed by atoms with Gasteiger partial charge in [0.15, 0.2) is 0 Å². The number of carbonyl (C=O) groups excluding carboxylic acids is 1. The maximum atomic E-state index is 10.7. The van der Waals surface area contributed by atoms with Gasteiger partial charge in [-0.15, -0.1) is 11.8 Å². The van der Waals surface area contributed by atoms with Crippen LogP contribution >= 0.6 is 11.8 Å². The third kappa shape index (κ3) is 2.89. The lowest BCUT2D eigenvalue weighted by Crippen LogP contribution is -2.31. The third-order valence-corrected chi connectivity index (χ3v) is 2.19. The molecule has 3 N–H and O–H groups in total. The molecule has 0 saturated carbocycles. The van der Waals surface area contributed by atoms with E-state index in [1.54, 1.807) is 12.4 Å². The molecule has 0 fully saturated rings. The van der Waals surface area contributed by atoms with Gasteiger partial charge in [-0.1, -0.05) is 0 Å². The lowest BCUT2D eigenvalue weighted by Gasteiger charge is -1.98. The summed E-state index contributed by atoms with van der Waals surface area (Å²) < 4.78 is 0. The largest absolute Gasteiger partial charge is 0.294 e.